The first-order chi connectivity index (χ1) is 10.1. The summed E-state index contributed by atoms with van der Waals surface area (Å²) in [6, 6.07) is 3.75. The van der Waals surface area contributed by atoms with E-state index in [4.69, 9.17) is 0 Å². The average molecular weight is 308 g/mol. The van der Waals surface area contributed by atoms with Crippen molar-refractivity contribution >= 4 is 23.2 Å². The fourth-order valence-electron chi connectivity index (χ4n) is 2.93. The zero-order valence-corrected chi connectivity index (χ0v) is 12.9. The monoisotopic (exact) mass is 308 g/mol. The first-order valence-corrected chi connectivity index (χ1v) is 8.12. The number of carbonyl (C=O) groups is 2. The van der Waals surface area contributed by atoms with Gasteiger partial charge < -0.3 is 15.3 Å². The molecule has 5 nitrogen and oxygen atoms in total. The molecule has 114 valence electrons. The Morgan fingerprint density at radius 1 is 1.57 bits per heavy atom. The third-order valence-electron chi connectivity index (χ3n) is 4.69. The van der Waals surface area contributed by atoms with Crippen molar-refractivity contribution in [3.05, 3.63) is 22.4 Å². The van der Waals surface area contributed by atoms with E-state index in [1.807, 2.05) is 17.5 Å². The van der Waals surface area contributed by atoms with Crippen molar-refractivity contribution in [3.63, 3.8) is 0 Å². The van der Waals surface area contributed by atoms with Crippen LogP contribution < -0.4 is 5.32 Å². The molecule has 1 aliphatic carbocycles. The van der Waals surface area contributed by atoms with Gasteiger partial charge in [-0.25, -0.2) is 0 Å². The van der Waals surface area contributed by atoms with Gasteiger partial charge in [-0.15, -0.1) is 11.3 Å². The second kappa shape index (κ2) is 5.42. The lowest BCUT2D eigenvalue weighted by molar-refractivity contribution is -0.128. The summed E-state index contributed by atoms with van der Waals surface area (Å²) in [6.07, 6.45) is 2.18. The number of nitrogens with one attached hydrogen (secondary N) is 1. The molecular weight excluding hydrogens is 288 g/mol. The largest absolute Gasteiger partial charge is 0.396 e. The fraction of sp³-hybridized carbons (Fsp3) is 0.600. The predicted octanol–water partition coefficient (Wildman–Crippen LogP) is 1.16. The number of thiophene rings is 1. The molecule has 0 aromatic carbocycles. The van der Waals surface area contributed by atoms with E-state index in [2.05, 4.69) is 5.32 Å². The van der Waals surface area contributed by atoms with E-state index in [0.717, 1.165) is 17.7 Å². The van der Waals surface area contributed by atoms with Crippen molar-refractivity contribution in [1.82, 2.24) is 10.2 Å². The minimum atomic E-state index is -0.337. The van der Waals surface area contributed by atoms with Gasteiger partial charge in [0.25, 0.3) is 0 Å². The molecule has 2 aliphatic rings. The molecule has 2 amide bonds. The quantitative estimate of drug-likeness (QED) is 0.857. The number of rotatable bonds is 5. The van der Waals surface area contributed by atoms with Gasteiger partial charge in [-0.3, -0.25) is 9.59 Å². The highest BCUT2D eigenvalue weighted by Gasteiger charge is 2.46. The van der Waals surface area contributed by atoms with Crippen LogP contribution in [0.1, 0.15) is 30.2 Å². The molecule has 6 heteroatoms. The number of carbonyl (C=O) groups excluding carboxylic acids is 2. The number of hydrogen-bond acceptors (Lipinski definition) is 4. The van der Waals surface area contributed by atoms with E-state index < -0.39 is 0 Å². The third-order valence-corrected chi connectivity index (χ3v) is 5.63. The van der Waals surface area contributed by atoms with Gasteiger partial charge in [-0.2, -0.15) is 0 Å². The van der Waals surface area contributed by atoms with Crippen LogP contribution in [-0.4, -0.2) is 42.0 Å². The maximum atomic E-state index is 12.5. The van der Waals surface area contributed by atoms with Crippen LogP contribution in [0.5, 0.6) is 0 Å². The van der Waals surface area contributed by atoms with E-state index in [-0.39, 0.29) is 42.2 Å². The zero-order valence-electron chi connectivity index (χ0n) is 12.0. The highest BCUT2D eigenvalue weighted by Crippen LogP contribution is 2.44. The summed E-state index contributed by atoms with van der Waals surface area (Å²) >= 11 is 1.57. The summed E-state index contributed by atoms with van der Waals surface area (Å²) in [7, 11) is 1.76. The summed E-state index contributed by atoms with van der Waals surface area (Å²) in [6.45, 7) is 0.624. The van der Waals surface area contributed by atoms with Crippen LogP contribution in [0.4, 0.5) is 0 Å². The van der Waals surface area contributed by atoms with E-state index in [1.54, 1.807) is 23.3 Å². The molecule has 0 spiro atoms. The Balaban J connectivity index is 1.70. The maximum absolute atomic E-state index is 12.5. The molecule has 0 bridgehead atoms. The normalized spacial score (nSPS) is 27.0. The van der Waals surface area contributed by atoms with Crippen LogP contribution >= 0.6 is 11.3 Å². The van der Waals surface area contributed by atoms with Crippen molar-refractivity contribution in [3.8, 4) is 0 Å². The Morgan fingerprint density at radius 2 is 2.33 bits per heavy atom. The average Bonchev–Trinajstić information content (AvgIpc) is 2.95. The van der Waals surface area contributed by atoms with E-state index in [1.165, 1.54) is 0 Å². The molecule has 2 atom stereocenters. The standard InChI is InChI=1S/C15H20N2O3S/c1-17-12(19)7-10(13(17)11-3-2-6-21-11)14(20)16-8-15(9-18)4-5-15/h2-3,6,10,13,18H,4-5,7-9H2,1H3,(H,16,20). The SMILES string of the molecule is CN1C(=O)CC(C(=O)NCC2(CO)CC2)C1c1cccs1. The lowest BCUT2D eigenvalue weighted by Gasteiger charge is -2.24. The van der Waals surface area contributed by atoms with Crippen LogP contribution in [-0.2, 0) is 9.59 Å². The first kappa shape index (κ1) is 14.5. The van der Waals surface area contributed by atoms with Crippen molar-refractivity contribution < 1.29 is 14.7 Å². The first-order valence-electron chi connectivity index (χ1n) is 7.24. The van der Waals surface area contributed by atoms with Crippen LogP contribution in [0.25, 0.3) is 0 Å². The number of nitrogens with zero attached hydrogens (tertiary/aromatic N) is 1. The molecule has 1 saturated carbocycles. The molecule has 2 unspecified atom stereocenters. The Labute approximate surface area is 128 Å². The van der Waals surface area contributed by atoms with Crippen LogP contribution in [0, 0.1) is 11.3 Å². The highest BCUT2D eigenvalue weighted by molar-refractivity contribution is 7.10. The minimum absolute atomic E-state index is 0.0110. The smallest absolute Gasteiger partial charge is 0.226 e. The molecule has 0 radical (unpaired) electrons. The van der Waals surface area contributed by atoms with Crippen LogP contribution in [0.3, 0.4) is 0 Å². The number of amides is 2. The third kappa shape index (κ3) is 2.70. The summed E-state index contributed by atoms with van der Waals surface area (Å²) in [5.74, 6) is -0.404. The van der Waals surface area contributed by atoms with Gasteiger partial charge >= 0.3 is 0 Å². The summed E-state index contributed by atoms with van der Waals surface area (Å²) in [5, 5.41) is 14.2. The second-order valence-corrected chi connectivity index (χ2v) is 7.13. The molecule has 2 fully saturated rings. The molecule has 1 aromatic rings. The summed E-state index contributed by atoms with van der Waals surface area (Å²) in [4.78, 5) is 27.2. The molecule has 2 heterocycles. The Kier molecular flexibility index (Phi) is 3.75. The van der Waals surface area contributed by atoms with Crippen LogP contribution in [0.15, 0.2) is 17.5 Å². The van der Waals surface area contributed by atoms with Crippen molar-refractivity contribution in [2.45, 2.75) is 25.3 Å². The van der Waals surface area contributed by atoms with Gasteiger partial charge in [0, 0.05) is 30.3 Å². The number of hydrogen-bond donors (Lipinski definition) is 2. The number of aliphatic hydroxyl groups is 1. The topological polar surface area (TPSA) is 69.6 Å². The highest BCUT2D eigenvalue weighted by atomic mass is 32.1. The van der Waals surface area contributed by atoms with E-state index in [9.17, 15) is 14.7 Å². The van der Waals surface area contributed by atoms with Gasteiger partial charge in [0.2, 0.25) is 11.8 Å². The maximum Gasteiger partial charge on any atom is 0.226 e. The molecule has 2 N–H and O–H groups in total. The molecule has 1 saturated heterocycles. The second-order valence-electron chi connectivity index (χ2n) is 6.15. The molecule has 3 rings (SSSR count). The van der Waals surface area contributed by atoms with Gasteiger partial charge in [0.1, 0.15) is 0 Å². The van der Waals surface area contributed by atoms with Gasteiger partial charge in [0.15, 0.2) is 0 Å². The molecule has 1 aromatic heterocycles. The Morgan fingerprint density at radius 3 is 2.90 bits per heavy atom. The predicted molar refractivity (Wildman–Crippen MR) is 79.7 cm³/mol. The van der Waals surface area contributed by atoms with E-state index in [0.29, 0.717) is 6.54 Å². The van der Waals surface area contributed by atoms with Gasteiger partial charge in [-0.1, -0.05) is 6.07 Å². The number of likely N-dealkylation sites (tertiary alicyclic amines) is 1. The van der Waals surface area contributed by atoms with Crippen LogP contribution in [0.2, 0.25) is 0 Å². The number of aliphatic hydroxyl groups excluding tert-OH is 1. The Bertz CT molecular complexity index is 539. The van der Waals surface area contributed by atoms with Crippen molar-refractivity contribution in [2.24, 2.45) is 11.3 Å². The van der Waals surface area contributed by atoms with Gasteiger partial charge in [0.05, 0.1) is 18.6 Å². The van der Waals surface area contributed by atoms with E-state index >= 15 is 0 Å². The lowest BCUT2D eigenvalue weighted by Crippen LogP contribution is -2.38. The van der Waals surface area contributed by atoms with Crippen molar-refractivity contribution in [1.29, 1.82) is 0 Å². The molecule has 1 aliphatic heterocycles. The summed E-state index contributed by atoms with van der Waals surface area (Å²) in [5.41, 5.74) is -0.109. The van der Waals surface area contributed by atoms with Gasteiger partial charge in [-0.05, 0) is 24.3 Å². The zero-order chi connectivity index (χ0) is 15.0. The molecular formula is C15H20N2O3S. The summed E-state index contributed by atoms with van der Waals surface area (Å²) < 4.78 is 0. The fourth-order valence-corrected chi connectivity index (χ4v) is 3.86. The Hall–Kier alpha value is -1.40. The lowest BCUT2D eigenvalue weighted by atomic mass is 9.97. The minimum Gasteiger partial charge on any atom is -0.396 e. The molecule has 21 heavy (non-hydrogen) atoms. The van der Waals surface area contributed by atoms with Crippen molar-refractivity contribution in [2.75, 3.05) is 20.2 Å².